The lowest BCUT2D eigenvalue weighted by Gasteiger charge is -2.16. The molecule has 1 atom stereocenters. The predicted octanol–water partition coefficient (Wildman–Crippen LogP) is 5.30. The van der Waals surface area contributed by atoms with Crippen molar-refractivity contribution < 1.29 is 0 Å². The van der Waals surface area contributed by atoms with E-state index in [2.05, 4.69) is 53.2 Å². The van der Waals surface area contributed by atoms with Gasteiger partial charge in [0.15, 0.2) is 0 Å². The molecule has 0 amide bonds. The van der Waals surface area contributed by atoms with E-state index in [0.29, 0.717) is 0 Å². The number of halogens is 1. The lowest BCUT2D eigenvalue weighted by Crippen LogP contribution is -2.06. The third kappa shape index (κ3) is 3.29. The van der Waals surface area contributed by atoms with Gasteiger partial charge in [-0.05, 0) is 55.0 Å². The van der Waals surface area contributed by atoms with Gasteiger partial charge in [0.1, 0.15) is 0 Å². The molecule has 0 radical (unpaired) electrons. The molecular formula is C18H17ClN2. The van der Waals surface area contributed by atoms with Gasteiger partial charge in [0.25, 0.3) is 0 Å². The summed E-state index contributed by atoms with van der Waals surface area (Å²) in [7, 11) is 0. The van der Waals surface area contributed by atoms with Gasteiger partial charge in [-0.2, -0.15) is 0 Å². The number of aromatic nitrogens is 1. The van der Waals surface area contributed by atoms with Crippen LogP contribution in [0.1, 0.15) is 18.5 Å². The number of nitrogens with zero attached hydrogens (tertiary/aromatic N) is 1. The van der Waals surface area contributed by atoms with Crippen LogP contribution < -0.4 is 5.32 Å². The number of anilines is 1. The van der Waals surface area contributed by atoms with Gasteiger partial charge in [0.05, 0.1) is 0 Å². The highest BCUT2D eigenvalue weighted by Gasteiger charge is 2.06. The van der Waals surface area contributed by atoms with Crippen LogP contribution in [0, 0.1) is 0 Å². The Balaban J connectivity index is 1.78. The number of benzene rings is 2. The lowest BCUT2D eigenvalue weighted by molar-refractivity contribution is 0.884. The normalized spacial score (nSPS) is 12.1. The van der Waals surface area contributed by atoms with Crippen molar-refractivity contribution in [2.24, 2.45) is 0 Å². The summed E-state index contributed by atoms with van der Waals surface area (Å²) in [6.45, 7) is 2.14. The van der Waals surface area contributed by atoms with Gasteiger partial charge in [-0.3, -0.25) is 0 Å². The van der Waals surface area contributed by atoms with Crippen LogP contribution in [0.25, 0.3) is 5.69 Å². The van der Waals surface area contributed by atoms with Gasteiger partial charge in [-0.15, -0.1) is 0 Å². The second kappa shape index (κ2) is 6.06. The number of hydrogen-bond donors (Lipinski definition) is 1. The number of nitrogens with one attached hydrogen (secondary N) is 1. The van der Waals surface area contributed by atoms with Crippen molar-refractivity contribution in [1.82, 2.24) is 4.57 Å². The highest BCUT2D eigenvalue weighted by Crippen LogP contribution is 2.22. The molecule has 3 heteroatoms. The molecule has 3 aromatic rings. The van der Waals surface area contributed by atoms with Crippen LogP contribution in [0.4, 0.5) is 5.69 Å². The fraction of sp³-hybridized carbons (Fsp3) is 0.111. The van der Waals surface area contributed by atoms with Gasteiger partial charge in [0.2, 0.25) is 0 Å². The minimum atomic E-state index is 0.224. The summed E-state index contributed by atoms with van der Waals surface area (Å²) in [5.41, 5.74) is 3.46. The molecule has 0 aliphatic rings. The van der Waals surface area contributed by atoms with E-state index in [1.54, 1.807) is 0 Å². The van der Waals surface area contributed by atoms with Gasteiger partial charge in [0, 0.05) is 34.8 Å². The van der Waals surface area contributed by atoms with Gasteiger partial charge in [-0.1, -0.05) is 29.8 Å². The zero-order valence-corrected chi connectivity index (χ0v) is 12.6. The van der Waals surface area contributed by atoms with E-state index in [1.165, 1.54) is 5.56 Å². The SMILES string of the molecule is CC(Nc1cccc(-n2cccc2)c1)c1ccc(Cl)cc1. The fourth-order valence-electron chi connectivity index (χ4n) is 2.35. The Morgan fingerprint density at radius 1 is 0.952 bits per heavy atom. The smallest absolute Gasteiger partial charge is 0.0485 e. The first-order valence-electron chi connectivity index (χ1n) is 6.98. The molecular weight excluding hydrogens is 280 g/mol. The lowest BCUT2D eigenvalue weighted by atomic mass is 10.1. The highest BCUT2D eigenvalue weighted by molar-refractivity contribution is 6.30. The first-order chi connectivity index (χ1) is 10.2. The van der Waals surface area contributed by atoms with Crippen LogP contribution in [-0.2, 0) is 0 Å². The van der Waals surface area contributed by atoms with Crippen molar-refractivity contribution in [2.45, 2.75) is 13.0 Å². The van der Waals surface area contributed by atoms with E-state index >= 15 is 0 Å². The third-order valence-electron chi connectivity index (χ3n) is 3.50. The Hall–Kier alpha value is -2.19. The van der Waals surface area contributed by atoms with Crippen LogP contribution in [0.3, 0.4) is 0 Å². The molecule has 2 nitrogen and oxygen atoms in total. The molecule has 1 N–H and O–H groups in total. The van der Waals surface area contributed by atoms with E-state index in [9.17, 15) is 0 Å². The van der Waals surface area contributed by atoms with Crippen LogP contribution in [0.5, 0.6) is 0 Å². The molecule has 2 aromatic carbocycles. The maximum Gasteiger partial charge on any atom is 0.0485 e. The summed E-state index contributed by atoms with van der Waals surface area (Å²) in [4.78, 5) is 0. The average molecular weight is 297 g/mol. The fourth-order valence-corrected chi connectivity index (χ4v) is 2.47. The van der Waals surface area contributed by atoms with E-state index in [0.717, 1.165) is 16.4 Å². The molecule has 1 aromatic heterocycles. The minimum Gasteiger partial charge on any atom is -0.378 e. The van der Waals surface area contributed by atoms with Crippen molar-refractivity contribution in [1.29, 1.82) is 0 Å². The standard InChI is InChI=1S/C18H17ClN2/c1-14(15-7-9-16(19)10-8-15)20-17-5-4-6-18(13-17)21-11-2-3-12-21/h2-14,20H,1H3. The van der Waals surface area contributed by atoms with Crippen molar-refractivity contribution in [3.05, 3.63) is 83.6 Å². The highest BCUT2D eigenvalue weighted by atomic mass is 35.5. The molecule has 0 spiro atoms. The van der Waals surface area contributed by atoms with Gasteiger partial charge in [-0.25, -0.2) is 0 Å². The van der Waals surface area contributed by atoms with E-state index in [-0.39, 0.29) is 6.04 Å². The van der Waals surface area contributed by atoms with Gasteiger partial charge >= 0.3 is 0 Å². The van der Waals surface area contributed by atoms with Gasteiger partial charge < -0.3 is 9.88 Å². The molecule has 1 heterocycles. The van der Waals surface area contributed by atoms with Crippen molar-refractivity contribution in [3.63, 3.8) is 0 Å². The Bertz CT molecular complexity index is 702. The van der Waals surface area contributed by atoms with Crippen molar-refractivity contribution in [3.8, 4) is 5.69 Å². The molecule has 0 saturated carbocycles. The molecule has 21 heavy (non-hydrogen) atoms. The zero-order valence-electron chi connectivity index (χ0n) is 11.8. The molecule has 0 fully saturated rings. The summed E-state index contributed by atoms with van der Waals surface area (Å²) in [5.74, 6) is 0. The second-order valence-corrected chi connectivity index (χ2v) is 5.49. The monoisotopic (exact) mass is 296 g/mol. The van der Waals surface area contributed by atoms with Crippen LogP contribution in [0.2, 0.25) is 5.02 Å². The first-order valence-corrected chi connectivity index (χ1v) is 7.35. The molecule has 0 aliphatic heterocycles. The zero-order chi connectivity index (χ0) is 14.7. The van der Waals surface area contributed by atoms with Crippen LogP contribution in [0.15, 0.2) is 73.1 Å². The summed E-state index contributed by atoms with van der Waals surface area (Å²) in [5, 5.41) is 4.29. The minimum absolute atomic E-state index is 0.224. The Morgan fingerprint density at radius 2 is 1.67 bits per heavy atom. The number of rotatable bonds is 4. The molecule has 3 rings (SSSR count). The molecule has 106 valence electrons. The summed E-state index contributed by atoms with van der Waals surface area (Å²) in [6.07, 6.45) is 4.09. The van der Waals surface area contributed by atoms with E-state index < -0.39 is 0 Å². The Morgan fingerprint density at radius 3 is 2.38 bits per heavy atom. The predicted molar refractivity (Wildman–Crippen MR) is 89.3 cm³/mol. The maximum atomic E-state index is 5.93. The van der Waals surface area contributed by atoms with E-state index in [4.69, 9.17) is 11.6 Å². The van der Waals surface area contributed by atoms with Crippen LogP contribution in [-0.4, -0.2) is 4.57 Å². The quantitative estimate of drug-likeness (QED) is 0.691. The Kier molecular flexibility index (Phi) is 3.98. The second-order valence-electron chi connectivity index (χ2n) is 5.06. The number of hydrogen-bond acceptors (Lipinski definition) is 1. The maximum absolute atomic E-state index is 5.93. The summed E-state index contributed by atoms with van der Waals surface area (Å²) < 4.78 is 2.10. The first kappa shape index (κ1) is 13.8. The van der Waals surface area contributed by atoms with Crippen molar-refractivity contribution in [2.75, 3.05) is 5.32 Å². The molecule has 1 unspecified atom stereocenters. The van der Waals surface area contributed by atoms with Crippen molar-refractivity contribution >= 4 is 17.3 Å². The topological polar surface area (TPSA) is 17.0 Å². The van der Waals surface area contributed by atoms with E-state index in [1.807, 2.05) is 36.7 Å². The third-order valence-corrected chi connectivity index (χ3v) is 3.75. The largest absolute Gasteiger partial charge is 0.378 e. The molecule has 0 aliphatic carbocycles. The molecule has 0 bridgehead atoms. The van der Waals surface area contributed by atoms with Crippen LogP contribution >= 0.6 is 11.6 Å². The Labute approximate surface area is 130 Å². The summed E-state index contributed by atoms with van der Waals surface area (Å²) >= 11 is 5.93. The summed E-state index contributed by atoms with van der Waals surface area (Å²) in [6, 6.07) is 20.6. The average Bonchev–Trinajstić information content (AvgIpc) is 3.02. The molecule has 0 saturated heterocycles.